The second kappa shape index (κ2) is 16.4. The predicted octanol–water partition coefficient (Wildman–Crippen LogP) is 16.7. The summed E-state index contributed by atoms with van der Waals surface area (Å²) >= 11 is 0. The number of para-hydroxylation sites is 6. The van der Waals surface area contributed by atoms with Gasteiger partial charge in [0.15, 0.2) is 0 Å². The van der Waals surface area contributed by atoms with Gasteiger partial charge in [0, 0.05) is 89.8 Å². The molecule has 0 amide bonds. The fraction of sp³-hybridized carbons (Fsp3) is 0. The van der Waals surface area contributed by atoms with E-state index in [0.717, 1.165) is 33.4 Å². The number of hydrogen-bond acceptors (Lipinski definition) is 2. The van der Waals surface area contributed by atoms with Crippen molar-refractivity contribution in [3.8, 4) is 33.9 Å². The molecule has 72 heavy (non-hydrogen) atoms. The van der Waals surface area contributed by atoms with E-state index in [0.29, 0.717) is 5.56 Å². The highest BCUT2D eigenvalue weighted by atomic mass is 16.6. The Morgan fingerprint density at radius 1 is 0.361 bits per heavy atom. The van der Waals surface area contributed by atoms with Gasteiger partial charge in [-0.3, -0.25) is 10.1 Å². The van der Waals surface area contributed by atoms with E-state index >= 15 is 0 Å². The average Bonchev–Trinajstić information content (AvgIpc) is 4.28. The Balaban J connectivity index is 0.000000134. The van der Waals surface area contributed by atoms with E-state index in [1.54, 1.807) is 18.2 Å². The van der Waals surface area contributed by atoms with Gasteiger partial charge in [-0.1, -0.05) is 115 Å². The van der Waals surface area contributed by atoms with Gasteiger partial charge in [-0.2, -0.15) is 0 Å². The number of rotatable bonds is 6. The maximum atomic E-state index is 11.5. The van der Waals surface area contributed by atoms with E-state index in [-0.39, 0.29) is 10.6 Å². The lowest BCUT2D eigenvalue weighted by atomic mass is 10.0. The minimum atomic E-state index is -0.328. The molecule has 15 aromatic rings. The van der Waals surface area contributed by atoms with Crippen molar-refractivity contribution in [1.29, 1.82) is 0 Å². The van der Waals surface area contributed by atoms with Crippen molar-refractivity contribution >= 4 is 92.9 Å². The first-order valence-corrected chi connectivity index (χ1v) is 24.1. The lowest BCUT2D eigenvalue weighted by Gasteiger charge is -2.09. The zero-order valence-corrected chi connectivity index (χ0v) is 38.7. The number of H-pyrrole nitrogens is 1. The molecule has 0 bridgehead atoms. The van der Waals surface area contributed by atoms with Gasteiger partial charge in [-0.05, 0) is 121 Å². The van der Waals surface area contributed by atoms with Crippen LogP contribution in [0.5, 0.6) is 0 Å². The SMILES string of the molecule is O=[N+]([O-])c1ccccc1-c1ccc2c(ccn2-c2ccc3c(c2)c2ccccc2n3-c2ccccc2)c1.c1ccc(-n2c3ccccc3c3cc(-n4ccc5c6[nH]c7ccccc7c6ccc54)ccc32)cc1. The lowest BCUT2D eigenvalue weighted by molar-refractivity contribution is -0.384. The average molecular weight is 927 g/mol. The summed E-state index contributed by atoms with van der Waals surface area (Å²) in [7, 11) is 0. The molecular weight excluding hydrogens is 885 g/mol. The summed E-state index contributed by atoms with van der Waals surface area (Å²) < 4.78 is 9.14. The van der Waals surface area contributed by atoms with Gasteiger partial charge in [-0.15, -0.1) is 0 Å². The van der Waals surface area contributed by atoms with Gasteiger partial charge < -0.3 is 23.3 Å². The molecule has 0 fully saturated rings. The van der Waals surface area contributed by atoms with Gasteiger partial charge >= 0.3 is 0 Å². The molecule has 0 saturated heterocycles. The van der Waals surface area contributed by atoms with Gasteiger partial charge in [0.1, 0.15) is 0 Å². The van der Waals surface area contributed by atoms with Crippen molar-refractivity contribution < 1.29 is 4.92 Å². The smallest absolute Gasteiger partial charge is 0.277 e. The topological polar surface area (TPSA) is 78.7 Å². The number of fused-ring (bicyclic) bond motifs is 12. The molecule has 0 spiro atoms. The first-order chi connectivity index (χ1) is 35.6. The Morgan fingerprint density at radius 3 is 1.53 bits per heavy atom. The Kier molecular flexibility index (Phi) is 9.34. The maximum Gasteiger partial charge on any atom is 0.277 e. The predicted molar refractivity (Wildman–Crippen MR) is 297 cm³/mol. The van der Waals surface area contributed by atoms with Crippen LogP contribution in [0, 0.1) is 10.1 Å². The summed E-state index contributed by atoms with van der Waals surface area (Å²) in [5, 5.41) is 21.3. The van der Waals surface area contributed by atoms with Crippen LogP contribution in [-0.2, 0) is 0 Å². The first kappa shape index (κ1) is 41.1. The van der Waals surface area contributed by atoms with Crippen molar-refractivity contribution in [2.24, 2.45) is 0 Å². The van der Waals surface area contributed by atoms with Crippen LogP contribution >= 0.6 is 0 Å². The maximum absolute atomic E-state index is 11.5. The molecule has 8 heteroatoms. The molecule has 0 atom stereocenters. The number of aromatic amines is 1. The minimum absolute atomic E-state index is 0.113. The quantitative estimate of drug-likeness (QED) is 0.133. The number of benzene rings is 10. The zero-order valence-electron chi connectivity index (χ0n) is 38.7. The van der Waals surface area contributed by atoms with Gasteiger partial charge in [0.2, 0.25) is 0 Å². The zero-order chi connectivity index (χ0) is 47.9. The third kappa shape index (κ3) is 6.47. The first-order valence-electron chi connectivity index (χ1n) is 24.1. The second-order valence-electron chi connectivity index (χ2n) is 18.3. The molecule has 0 unspecified atom stereocenters. The monoisotopic (exact) mass is 926 g/mol. The molecule has 0 aliphatic rings. The van der Waals surface area contributed by atoms with Crippen molar-refractivity contribution in [2.75, 3.05) is 0 Å². The summed E-state index contributed by atoms with van der Waals surface area (Å²) in [6.07, 6.45) is 4.25. The molecule has 340 valence electrons. The summed E-state index contributed by atoms with van der Waals surface area (Å²) in [5.41, 5.74) is 15.5. The fourth-order valence-corrected chi connectivity index (χ4v) is 11.1. The van der Waals surface area contributed by atoms with E-state index < -0.39 is 0 Å². The van der Waals surface area contributed by atoms with Crippen molar-refractivity contribution in [3.05, 3.63) is 259 Å². The molecule has 5 aromatic heterocycles. The molecule has 10 aromatic carbocycles. The third-order valence-electron chi connectivity index (χ3n) is 14.3. The van der Waals surface area contributed by atoms with Crippen LogP contribution < -0.4 is 0 Å². The van der Waals surface area contributed by atoms with Crippen LogP contribution in [-0.4, -0.2) is 28.2 Å². The van der Waals surface area contributed by atoms with Crippen LogP contribution in [0.2, 0.25) is 0 Å². The summed E-state index contributed by atoms with van der Waals surface area (Å²) in [6, 6.07) is 81.8. The number of aromatic nitrogens is 5. The molecule has 0 aliphatic heterocycles. The summed E-state index contributed by atoms with van der Waals surface area (Å²) in [5.74, 6) is 0. The lowest BCUT2D eigenvalue weighted by Crippen LogP contribution is -1.95. The molecule has 5 heterocycles. The van der Waals surface area contributed by atoms with Crippen LogP contribution in [0.3, 0.4) is 0 Å². The Labute approximate surface area is 412 Å². The van der Waals surface area contributed by atoms with Gasteiger partial charge in [-0.25, -0.2) is 0 Å². The normalized spacial score (nSPS) is 11.7. The number of nitrogens with one attached hydrogen (secondary N) is 1. The Bertz CT molecular complexity index is 4610. The van der Waals surface area contributed by atoms with Crippen molar-refractivity contribution in [1.82, 2.24) is 23.3 Å². The number of nitro benzene ring substituents is 1. The van der Waals surface area contributed by atoms with E-state index in [4.69, 9.17) is 0 Å². The molecule has 0 radical (unpaired) electrons. The molecule has 8 nitrogen and oxygen atoms in total. The number of hydrogen-bond donors (Lipinski definition) is 1. The molecule has 0 aliphatic carbocycles. The standard InChI is InChI=1S/C32H21N3O2.C32H21N3/c36-35(37)32-13-7-4-10-26(32)22-14-16-29-23(20-22)18-19-33(29)25-15-17-31-28(21-25)27-11-5-6-12-30(27)34(31)24-8-2-1-3-9-24;1-2-8-21(9-3-1)35-30-13-7-5-11-24(30)27-20-22(14-16-31(27)35)34-19-18-26-29(34)17-15-25-23-10-4-6-12-28(23)33-32(25)26/h1-21H;1-20,33H. The molecule has 15 rings (SSSR count). The van der Waals surface area contributed by atoms with Gasteiger partial charge in [0.25, 0.3) is 5.69 Å². The van der Waals surface area contributed by atoms with E-state index in [1.807, 2.05) is 30.3 Å². The van der Waals surface area contributed by atoms with Gasteiger partial charge in [0.05, 0.1) is 49.1 Å². The van der Waals surface area contributed by atoms with Crippen LogP contribution in [0.1, 0.15) is 0 Å². The molecule has 0 saturated carbocycles. The highest BCUT2D eigenvalue weighted by Gasteiger charge is 2.18. The Morgan fingerprint density at radius 2 is 0.875 bits per heavy atom. The summed E-state index contributed by atoms with van der Waals surface area (Å²) in [6.45, 7) is 0. The number of nitro groups is 1. The van der Waals surface area contributed by atoms with E-state index in [9.17, 15) is 10.1 Å². The molecular formula is C64H42N6O2. The van der Waals surface area contributed by atoms with Crippen molar-refractivity contribution in [3.63, 3.8) is 0 Å². The summed E-state index contributed by atoms with van der Waals surface area (Å²) in [4.78, 5) is 14.9. The highest BCUT2D eigenvalue weighted by molar-refractivity contribution is 6.17. The fourth-order valence-electron chi connectivity index (χ4n) is 11.1. The third-order valence-corrected chi connectivity index (χ3v) is 14.3. The minimum Gasteiger partial charge on any atom is -0.354 e. The van der Waals surface area contributed by atoms with Crippen LogP contribution in [0.25, 0.3) is 121 Å². The highest BCUT2D eigenvalue weighted by Crippen LogP contribution is 2.38. The Hall–Kier alpha value is -9.92. The molecule has 1 N–H and O–H groups in total. The number of nitrogens with zero attached hydrogens (tertiary/aromatic N) is 5. The van der Waals surface area contributed by atoms with Crippen LogP contribution in [0.15, 0.2) is 249 Å². The largest absolute Gasteiger partial charge is 0.354 e. The van der Waals surface area contributed by atoms with E-state index in [2.05, 4.69) is 224 Å². The van der Waals surface area contributed by atoms with Crippen LogP contribution in [0.4, 0.5) is 5.69 Å². The van der Waals surface area contributed by atoms with E-state index in [1.165, 1.54) is 82.2 Å². The second-order valence-corrected chi connectivity index (χ2v) is 18.3. The van der Waals surface area contributed by atoms with Crippen molar-refractivity contribution in [2.45, 2.75) is 0 Å².